The third-order valence-electron chi connectivity index (χ3n) is 6.76. The van der Waals surface area contributed by atoms with Crippen LogP contribution in [0, 0.1) is 0 Å². The van der Waals surface area contributed by atoms with E-state index in [2.05, 4.69) is 26.4 Å². The molecule has 1 atom stereocenters. The molecule has 0 unspecified atom stereocenters. The lowest BCUT2D eigenvalue weighted by Gasteiger charge is -2.35. The van der Waals surface area contributed by atoms with Crippen molar-refractivity contribution < 1.29 is 13.2 Å². The van der Waals surface area contributed by atoms with E-state index in [1.165, 1.54) is 0 Å². The highest BCUT2D eigenvalue weighted by Crippen LogP contribution is 2.31. The first-order valence-corrected chi connectivity index (χ1v) is 13.0. The molecule has 2 saturated heterocycles. The van der Waals surface area contributed by atoms with Gasteiger partial charge in [0.05, 0.1) is 0 Å². The Bertz CT molecular complexity index is 1170. The molecule has 1 amide bonds. The van der Waals surface area contributed by atoms with Crippen LogP contribution in [-0.4, -0.2) is 75.3 Å². The fourth-order valence-electron chi connectivity index (χ4n) is 4.89. The molecule has 2 aromatic carbocycles. The highest BCUT2D eigenvalue weighted by atomic mass is 32.2. The molecule has 0 saturated carbocycles. The Kier molecular flexibility index (Phi) is 5.84. The summed E-state index contributed by atoms with van der Waals surface area (Å²) in [5.74, 6) is 0.242. The third kappa shape index (κ3) is 4.22. The molecule has 9 heteroatoms. The van der Waals surface area contributed by atoms with Crippen LogP contribution < -0.4 is 10.2 Å². The number of carbonyl (C=O) groups is 1. The molecule has 0 radical (unpaired) electrons. The summed E-state index contributed by atoms with van der Waals surface area (Å²) in [6.45, 7) is 8.01. The van der Waals surface area contributed by atoms with Gasteiger partial charge in [0.25, 0.3) is 10.0 Å². The van der Waals surface area contributed by atoms with Gasteiger partial charge in [0, 0.05) is 49.7 Å². The maximum atomic E-state index is 13.1. The largest absolute Gasteiger partial charge is 0.369 e. The number of hydrogen-bond acceptors (Lipinski definition) is 6. The second-order valence-electron chi connectivity index (χ2n) is 8.69. The second kappa shape index (κ2) is 8.79. The lowest BCUT2D eigenvalue weighted by molar-refractivity contribution is -0.119. The van der Waals surface area contributed by atoms with E-state index in [4.69, 9.17) is 0 Å². The quantitative estimate of drug-likeness (QED) is 0.743. The average Bonchev–Trinajstić information content (AvgIpc) is 3.42. The van der Waals surface area contributed by atoms with Gasteiger partial charge in [0.1, 0.15) is 10.9 Å². The number of anilines is 2. The molecule has 0 aromatic heterocycles. The Hall–Kier alpha value is -2.91. The number of likely N-dealkylation sites (tertiary alicyclic amines) is 1. The summed E-state index contributed by atoms with van der Waals surface area (Å²) >= 11 is 0. The SMILES string of the molecule is CCN1CCN(c2ccc(NC(=O)[C@H]3CCCN3C3=NS(=O)(=O)c4ccccc43)cc2)CC1. The molecule has 8 nitrogen and oxygen atoms in total. The predicted molar refractivity (Wildman–Crippen MR) is 129 cm³/mol. The summed E-state index contributed by atoms with van der Waals surface area (Å²) in [4.78, 5) is 20.0. The molecule has 3 aliphatic heterocycles. The summed E-state index contributed by atoms with van der Waals surface area (Å²) in [5.41, 5.74) is 2.47. The molecular formula is C24H29N5O3S. The highest BCUT2D eigenvalue weighted by Gasteiger charge is 2.39. The lowest BCUT2D eigenvalue weighted by Crippen LogP contribution is -2.46. The number of nitrogens with one attached hydrogen (secondary N) is 1. The van der Waals surface area contributed by atoms with Gasteiger partial charge >= 0.3 is 0 Å². The van der Waals surface area contributed by atoms with Crippen LogP contribution in [-0.2, 0) is 14.8 Å². The zero-order valence-corrected chi connectivity index (χ0v) is 19.6. The van der Waals surface area contributed by atoms with E-state index in [9.17, 15) is 13.2 Å². The number of fused-ring (bicyclic) bond motifs is 1. The van der Waals surface area contributed by atoms with Gasteiger partial charge < -0.3 is 20.0 Å². The number of sulfonamides is 1. The first-order valence-electron chi connectivity index (χ1n) is 11.6. The monoisotopic (exact) mass is 467 g/mol. The first kappa shape index (κ1) is 21.9. The van der Waals surface area contributed by atoms with Crippen molar-refractivity contribution in [3.05, 3.63) is 54.1 Å². The van der Waals surface area contributed by atoms with Crippen LogP contribution in [0.4, 0.5) is 11.4 Å². The Morgan fingerprint density at radius 3 is 2.48 bits per heavy atom. The average molecular weight is 468 g/mol. The van der Waals surface area contributed by atoms with Crippen molar-refractivity contribution in [1.29, 1.82) is 0 Å². The van der Waals surface area contributed by atoms with Gasteiger partial charge in [-0.15, -0.1) is 4.40 Å². The number of likely N-dealkylation sites (N-methyl/N-ethyl adjacent to an activating group) is 1. The summed E-state index contributed by atoms with van der Waals surface area (Å²) in [6.07, 6.45) is 1.47. The van der Waals surface area contributed by atoms with Crippen molar-refractivity contribution in [2.24, 2.45) is 4.40 Å². The summed E-state index contributed by atoms with van der Waals surface area (Å²) in [6, 6.07) is 14.3. The Balaban J connectivity index is 1.27. The van der Waals surface area contributed by atoms with E-state index in [0.29, 0.717) is 24.4 Å². The standard InChI is InChI=1S/C24H29N5O3S/c1-2-27-14-16-28(17-15-27)19-11-9-18(10-12-19)25-24(30)21-7-5-13-29(21)23-20-6-3-4-8-22(20)33(31,32)26-23/h3-4,6,8-12,21H,2,5,7,13-17H2,1H3,(H,25,30)/t21-/m1/s1. The van der Waals surface area contributed by atoms with Gasteiger partial charge in [-0.05, 0) is 55.8 Å². The zero-order chi connectivity index (χ0) is 23.0. The summed E-state index contributed by atoms with van der Waals surface area (Å²) in [7, 11) is -3.71. The lowest BCUT2D eigenvalue weighted by atomic mass is 10.1. The third-order valence-corrected chi connectivity index (χ3v) is 8.08. The molecule has 2 aromatic rings. The summed E-state index contributed by atoms with van der Waals surface area (Å²) < 4.78 is 28.9. The van der Waals surface area contributed by atoms with Gasteiger partial charge in [-0.25, -0.2) is 0 Å². The smallest absolute Gasteiger partial charge is 0.285 e. The predicted octanol–water partition coefficient (Wildman–Crippen LogP) is 2.38. The Morgan fingerprint density at radius 2 is 1.76 bits per heavy atom. The van der Waals surface area contributed by atoms with E-state index < -0.39 is 16.1 Å². The number of rotatable bonds is 4. The normalized spacial score (nSPS) is 22.2. The zero-order valence-electron chi connectivity index (χ0n) is 18.8. The van der Waals surface area contributed by atoms with Crippen molar-refractivity contribution in [3.63, 3.8) is 0 Å². The molecule has 3 aliphatic rings. The second-order valence-corrected chi connectivity index (χ2v) is 10.3. The van der Waals surface area contributed by atoms with E-state index in [1.54, 1.807) is 24.3 Å². The van der Waals surface area contributed by atoms with Crippen LogP contribution in [0.15, 0.2) is 57.8 Å². The minimum atomic E-state index is -3.71. The van der Waals surface area contributed by atoms with Crippen LogP contribution in [0.2, 0.25) is 0 Å². The maximum Gasteiger partial charge on any atom is 0.285 e. The van der Waals surface area contributed by atoms with Crippen molar-refractivity contribution in [2.75, 3.05) is 49.5 Å². The maximum absolute atomic E-state index is 13.1. The van der Waals surface area contributed by atoms with Gasteiger partial charge in [-0.3, -0.25) is 4.79 Å². The van der Waals surface area contributed by atoms with Crippen LogP contribution >= 0.6 is 0 Å². The van der Waals surface area contributed by atoms with Crippen molar-refractivity contribution in [3.8, 4) is 0 Å². The Morgan fingerprint density at radius 1 is 1.03 bits per heavy atom. The van der Waals surface area contributed by atoms with Crippen LogP contribution in [0.5, 0.6) is 0 Å². The molecule has 0 bridgehead atoms. The van der Waals surface area contributed by atoms with E-state index in [-0.39, 0.29) is 10.8 Å². The fourth-order valence-corrected chi connectivity index (χ4v) is 6.11. The Labute approximate surface area is 194 Å². The van der Waals surface area contributed by atoms with Crippen molar-refractivity contribution in [2.45, 2.75) is 30.7 Å². The van der Waals surface area contributed by atoms with Gasteiger partial charge in [-0.2, -0.15) is 8.42 Å². The van der Waals surface area contributed by atoms with E-state index in [0.717, 1.165) is 50.5 Å². The molecular weight excluding hydrogens is 438 g/mol. The number of amidine groups is 1. The molecule has 3 heterocycles. The molecule has 0 aliphatic carbocycles. The highest BCUT2D eigenvalue weighted by molar-refractivity contribution is 7.90. The molecule has 174 valence electrons. The molecule has 33 heavy (non-hydrogen) atoms. The number of carbonyl (C=O) groups excluding carboxylic acids is 1. The fraction of sp³-hybridized carbons (Fsp3) is 0.417. The number of benzene rings is 2. The minimum Gasteiger partial charge on any atom is -0.369 e. The van der Waals surface area contributed by atoms with Crippen LogP contribution in [0.1, 0.15) is 25.3 Å². The molecule has 2 fully saturated rings. The van der Waals surface area contributed by atoms with Crippen molar-refractivity contribution >= 4 is 33.1 Å². The van der Waals surface area contributed by atoms with Crippen molar-refractivity contribution in [1.82, 2.24) is 9.80 Å². The van der Waals surface area contributed by atoms with E-state index in [1.807, 2.05) is 29.2 Å². The number of hydrogen-bond donors (Lipinski definition) is 1. The first-order chi connectivity index (χ1) is 16.0. The number of piperazine rings is 1. The molecule has 1 N–H and O–H groups in total. The number of nitrogens with zero attached hydrogens (tertiary/aromatic N) is 4. The van der Waals surface area contributed by atoms with Gasteiger partial charge in [0.2, 0.25) is 5.91 Å². The van der Waals surface area contributed by atoms with Gasteiger partial charge in [0.15, 0.2) is 5.84 Å². The minimum absolute atomic E-state index is 0.138. The van der Waals surface area contributed by atoms with Crippen LogP contribution in [0.25, 0.3) is 0 Å². The topological polar surface area (TPSA) is 85.3 Å². The number of amides is 1. The van der Waals surface area contributed by atoms with Gasteiger partial charge in [-0.1, -0.05) is 19.1 Å². The summed E-state index contributed by atoms with van der Waals surface area (Å²) in [5, 5.41) is 3.02. The van der Waals surface area contributed by atoms with E-state index >= 15 is 0 Å². The van der Waals surface area contributed by atoms with Crippen LogP contribution in [0.3, 0.4) is 0 Å². The molecule has 5 rings (SSSR count). The molecule has 0 spiro atoms.